The summed E-state index contributed by atoms with van der Waals surface area (Å²) in [5.74, 6) is -0.146. The van der Waals surface area contributed by atoms with Crippen molar-refractivity contribution in [2.24, 2.45) is 0 Å². The number of ether oxygens (including phenoxy) is 1. The standard InChI is InChI=1S/C13H19N3O3/c1-4-19-12-6-5-9(8(2)14-12)11-7-10(13(17)18)15-16(11)3/h5-8,10,14-15H,4H2,1-3H3,(H,17,18). The summed E-state index contributed by atoms with van der Waals surface area (Å²) in [4.78, 5) is 11.0. The molecule has 6 heteroatoms. The zero-order valence-corrected chi connectivity index (χ0v) is 11.3. The van der Waals surface area contributed by atoms with Crippen LogP contribution >= 0.6 is 0 Å². The van der Waals surface area contributed by atoms with Gasteiger partial charge >= 0.3 is 5.97 Å². The van der Waals surface area contributed by atoms with Crippen molar-refractivity contribution < 1.29 is 14.6 Å². The largest absolute Gasteiger partial charge is 0.480 e. The van der Waals surface area contributed by atoms with Gasteiger partial charge in [-0.15, -0.1) is 0 Å². The van der Waals surface area contributed by atoms with Gasteiger partial charge in [-0.25, -0.2) is 5.43 Å². The van der Waals surface area contributed by atoms with Crippen molar-refractivity contribution in [1.82, 2.24) is 15.8 Å². The molecule has 2 atom stereocenters. The predicted octanol–water partition coefficient (Wildman–Crippen LogP) is 0.569. The zero-order valence-electron chi connectivity index (χ0n) is 11.3. The Morgan fingerprint density at radius 3 is 2.79 bits per heavy atom. The van der Waals surface area contributed by atoms with Gasteiger partial charge in [0, 0.05) is 7.05 Å². The third-order valence-corrected chi connectivity index (χ3v) is 3.12. The molecule has 19 heavy (non-hydrogen) atoms. The highest BCUT2D eigenvalue weighted by atomic mass is 16.5. The minimum Gasteiger partial charge on any atom is -0.480 e. The third kappa shape index (κ3) is 2.73. The van der Waals surface area contributed by atoms with Gasteiger partial charge in [-0.05, 0) is 37.6 Å². The molecule has 0 radical (unpaired) electrons. The molecule has 0 aromatic carbocycles. The van der Waals surface area contributed by atoms with Gasteiger partial charge in [-0.2, -0.15) is 0 Å². The van der Waals surface area contributed by atoms with Crippen molar-refractivity contribution in [3.8, 4) is 0 Å². The Bertz CT molecular complexity index is 468. The topological polar surface area (TPSA) is 73.8 Å². The van der Waals surface area contributed by atoms with Gasteiger partial charge in [0.1, 0.15) is 6.04 Å². The molecule has 2 aliphatic heterocycles. The van der Waals surface area contributed by atoms with Gasteiger partial charge in [0.2, 0.25) is 0 Å². The number of dihydropyridines is 1. The van der Waals surface area contributed by atoms with E-state index in [-0.39, 0.29) is 6.04 Å². The van der Waals surface area contributed by atoms with Crippen LogP contribution < -0.4 is 10.7 Å². The average molecular weight is 265 g/mol. The Morgan fingerprint density at radius 2 is 2.26 bits per heavy atom. The number of carboxylic acids is 1. The number of hydrogen-bond donors (Lipinski definition) is 3. The number of nitrogens with one attached hydrogen (secondary N) is 2. The highest BCUT2D eigenvalue weighted by Crippen LogP contribution is 2.24. The number of rotatable bonds is 4. The van der Waals surface area contributed by atoms with Crippen molar-refractivity contribution in [3.05, 3.63) is 35.4 Å². The van der Waals surface area contributed by atoms with Gasteiger partial charge in [0.15, 0.2) is 5.88 Å². The van der Waals surface area contributed by atoms with Crippen LogP contribution in [0.5, 0.6) is 0 Å². The molecule has 0 aliphatic carbocycles. The highest BCUT2D eigenvalue weighted by molar-refractivity contribution is 5.77. The van der Waals surface area contributed by atoms with Crippen LogP contribution in [0.2, 0.25) is 0 Å². The van der Waals surface area contributed by atoms with E-state index >= 15 is 0 Å². The van der Waals surface area contributed by atoms with E-state index < -0.39 is 12.0 Å². The number of aliphatic carboxylic acids is 1. The highest BCUT2D eigenvalue weighted by Gasteiger charge is 2.29. The summed E-state index contributed by atoms with van der Waals surface area (Å²) in [7, 11) is 1.81. The number of hydrogen-bond acceptors (Lipinski definition) is 5. The molecular formula is C13H19N3O3. The van der Waals surface area contributed by atoms with E-state index in [1.54, 1.807) is 11.1 Å². The maximum atomic E-state index is 11.0. The van der Waals surface area contributed by atoms with Crippen LogP contribution in [0.3, 0.4) is 0 Å². The fourth-order valence-corrected chi connectivity index (χ4v) is 2.20. The Kier molecular flexibility index (Phi) is 3.80. The summed E-state index contributed by atoms with van der Waals surface area (Å²) in [5, 5.41) is 14.0. The first kappa shape index (κ1) is 13.5. The van der Waals surface area contributed by atoms with Gasteiger partial charge in [0.25, 0.3) is 0 Å². The maximum absolute atomic E-state index is 11.0. The summed E-state index contributed by atoms with van der Waals surface area (Å²) >= 11 is 0. The van der Waals surface area contributed by atoms with E-state index in [4.69, 9.17) is 9.84 Å². The van der Waals surface area contributed by atoms with Crippen LogP contribution in [0.25, 0.3) is 0 Å². The lowest BCUT2D eigenvalue weighted by molar-refractivity contribution is -0.138. The molecule has 0 fully saturated rings. The molecule has 2 unspecified atom stereocenters. The Morgan fingerprint density at radius 1 is 1.53 bits per heavy atom. The number of hydrazine groups is 1. The van der Waals surface area contributed by atoms with E-state index in [9.17, 15) is 4.79 Å². The second kappa shape index (κ2) is 5.36. The average Bonchev–Trinajstić information content (AvgIpc) is 2.72. The minimum absolute atomic E-state index is 0.0644. The smallest absolute Gasteiger partial charge is 0.326 e. The maximum Gasteiger partial charge on any atom is 0.326 e. The lowest BCUT2D eigenvalue weighted by Crippen LogP contribution is -2.40. The quantitative estimate of drug-likeness (QED) is 0.690. The fourth-order valence-electron chi connectivity index (χ4n) is 2.20. The van der Waals surface area contributed by atoms with Crippen molar-refractivity contribution >= 4 is 5.97 Å². The number of nitrogens with zero attached hydrogens (tertiary/aromatic N) is 1. The van der Waals surface area contributed by atoms with Crippen LogP contribution in [0.15, 0.2) is 35.4 Å². The van der Waals surface area contributed by atoms with Crippen LogP contribution in [0.4, 0.5) is 0 Å². The van der Waals surface area contributed by atoms with Gasteiger partial charge in [-0.1, -0.05) is 0 Å². The van der Waals surface area contributed by atoms with E-state index in [1.165, 1.54) is 0 Å². The molecule has 2 aliphatic rings. The molecule has 0 aromatic rings. The number of carbonyl (C=O) groups is 1. The summed E-state index contributed by atoms with van der Waals surface area (Å²) in [5.41, 5.74) is 4.78. The Balaban J connectivity index is 2.22. The molecule has 0 saturated heterocycles. The molecule has 2 heterocycles. The molecule has 0 amide bonds. The SMILES string of the molecule is CCOC1=CC=C(C2=CC(C(=O)O)NN2C)C(C)N1. The molecule has 3 N–H and O–H groups in total. The van der Waals surface area contributed by atoms with Crippen molar-refractivity contribution in [2.75, 3.05) is 13.7 Å². The number of allylic oxidation sites excluding steroid dienone is 2. The second-order valence-electron chi connectivity index (χ2n) is 4.51. The van der Waals surface area contributed by atoms with E-state index in [2.05, 4.69) is 10.7 Å². The van der Waals surface area contributed by atoms with E-state index in [1.807, 2.05) is 33.0 Å². The van der Waals surface area contributed by atoms with E-state index in [0.29, 0.717) is 6.61 Å². The first-order chi connectivity index (χ1) is 9.02. The van der Waals surface area contributed by atoms with Crippen LogP contribution in [-0.2, 0) is 9.53 Å². The molecule has 0 saturated carbocycles. The van der Waals surface area contributed by atoms with Gasteiger partial charge in [0.05, 0.1) is 18.3 Å². The summed E-state index contributed by atoms with van der Waals surface area (Å²) in [6.45, 7) is 4.56. The molecule has 2 rings (SSSR count). The molecule has 6 nitrogen and oxygen atoms in total. The van der Waals surface area contributed by atoms with Crippen molar-refractivity contribution in [3.63, 3.8) is 0 Å². The van der Waals surface area contributed by atoms with E-state index in [0.717, 1.165) is 17.2 Å². The second-order valence-corrected chi connectivity index (χ2v) is 4.51. The fraction of sp³-hybridized carbons (Fsp3) is 0.462. The first-order valence-corrected chi connectivity index (χ1v) is 6.29. The number of likely N-dealkylation sites (N-methyl/N-ethyl adjacent to an activating group) is 1. The van der Waals surface area contributed by atoms with Crippen molar-refractivity contribution in [2.45, 2.75) is 25.9 Å². The molecule has 0 aromatic heterocycles. The Hall–Kier alpha value is -1.95. The van der Waals surface area contributed by atoms with Crippen LogP contribution in [-0.4, -0.2) is 41.8 Å². The van der Waals surface area contributed by atoms with Crippen LogP contribution in [0, 0.1) is 0 Å². The molecule has 104 valence electrons. The summed E-state index contributed by atoms with van der Waals surface area (Å²) in [6.07, 6.45) is 5.54. The van der Waals surface area contributed by atoms with Gasteiger partial charge in [-0.3, -0.25) is 4.79 Å². The van der Waals surface area contributed by atoms with Gasteiger partial charge < -0.3 is 20.2 Å². The van der Waals surface area contributed by atoms with Crippen LogP contribution in [0.1, 0.15) is 13.8 Å². The first-order valence-electron chi connectivity index (χ1n) is 6.29. The predicted molar refractivity (Wildman–Crippen MR) is 70.8 cm³/mol. The molecule has 0 spiro atoms. The summed E-state index contributed by atoms with van der Waals surface area (Å²) in [6, 6.07) is -0.611. The molecule has 0 bridgehead atoms. The summed E-state index contributed by atoms with van der Waals surface area (Å²) < 4.78 is 5.41. The zero-order chi connectivity index (χ0) is 14.0. The Labute approximate surface area is 112 Å². The number of carboxylic acid groups (broad SMARTS) is 1. The normalized spacial score (nSPS) is 26.3. The molecular weight excluding hydrogens is 246 g/mol. The lowest BCUT2D eigenvalue weighted by Gasteiger charge is -2.27. The van der Waals surface area contributed by atoms with Crippen molar-refractivity contribution in [1.29, 1.82) is 0 Å². The monoisotopic (exact) mass is 265 g/mol. The minimum atomic E-state index is -0.885. The third-order valence-electron chi connectivity index (χ3n) is 3.12. The lowest BCUT2D eigenvalue weighted by atomic mass is 10.0.